The molecule has 2 amide bonds. The van der Waals surface area contributed by atoms with Crippen LogP contribution in [0.15, 0.2) is 39.5 Å². The summed E-state index contributed by atoms with van der Waals surface area (Å²) in [5.74, 6) is 4.45. The summed E-state index contributed by atoms with van der Waals surface area (Å²) in [5, 5.41) is 0.701. The third-order valence-electron chi connectivity index (χ3n) is 3.96. The molecule has 2 aromatic rings. The highest BCUT2D eigenvalue weighted by Crippen LogP contribution is 2.14. The average molecular weight is 324 g/mol. The molecule has 1 fully saturated rings. The molecule has 1 aromatic carbocycles. The second-order valence-electron chi connectivity index (χ2n) is 5.44. The first-order chi connectivity index (χ1) is 11.6. The van der Waals surface area contributed by atoms with Crippen LogP contribution in [0.1, 0.15) is 17.3 Å². The maximum Gasteiger partial charge on any atom is 0.349 e. The lowest BCUT2D eigenvalue weighted by molar-refractivity contribution is -0.126. The van der Waals surface area contributed by atoms with E-state index in [4.69, 9.17) is 4.42 Å². The summed E-state index contributed by atoms with van der Waals surface area (Å²) in [5.41, 5.74) is -0.177. The standard InChI is InChI=1S/C18H16N2O4/c1-2-5-16(21)19-8-10-20(11-9-19)17(22)14-12-13-6-3-4-7-15(13)24-18(14)23/h3-4,6-7,12H,8-11H2,1H3. The van der Waals surface area contributed by atoms with Gasteiger partial charge in [0.05, 0.1) is 0 Å². The molecule has 24 heavy (non-hydrogen) atoms. The number of fused-ring (bicyclic) bond motifs is 1. The Morgan fingerprint density at radius 1 is 1.08 bits per heavy atom. The molecule has 2 heterocycles. The summed E-state index contributed by atoms with van der Waals surface area (Å²) >= 11 is 0. The van der Waals surface area contributed by atoms with Crippen LogP contribution in [0.2, 0.25) is 0 Å². The fourth-order valence-corrected chi connectivity index (χ4v) is 2.68. The molecule has 0 radical (unpaired) electrons. The van der Waals surface area contributed by atoms with Crippen LogP contribution in [0, 0.1) is 11.8 Å². The van der Waals surface area contributed by atoms with Gasteiger partial charge in [0.2, 0.25) is 0 Å². The minimum Gasteiger partial charge on any atom is -0.422 e. The summed E-state index contributed by atoms with van der Waals surface area (Å²) in [7, 11) is 0. The predicted octanol–water partition coefficient (Wildman–Crippen LogP) is 1.10. The predicted molar refractivity (Wildman–Crippen MR) is 88.4 cm³/mol. The molecule has 6 heteroatoms. The van der Waals surface area contributed by atoms with E-state index >= 15 is 0 Å². The minimum absolute atomic E-state index is 0.0156. The highest BCUT2D eigenvalue weighted by molar-refractivity contribution is 5.97. The molecular weight excluding hydrogens is 308 g/mol. The zero-order valence-electron chi connectivity index (χ0n) is 13.2. The van der Waals surface area contributed by atoms with Crippen LogP contribution < -0.4 is 5.63 Å². The van der Waals surface area contributed by atoms with Crippen LogP contribution in [0.3, 0.4) is 0 Å². The Hall–Kier alpha value is -3.07. The summed E-state index contributed by atoms with van der Waals surface area (Å²) in [6, 6.07) is 8.61. The molecule has 3 rings (SSSR count). The van der Waals surface area contributed by atoms with Crippen LogP contribution in [-0.2, 0) is 4.79 Å². The van der Waals surface area contributed by atoms with Crippen molar-refractivity contribution in [3.8, 4) is 11.8 Å². The van der Waals surface area contributed by atoms with Gasteiger partial charge in [0.1, 0.15) is 11.1 Å². The molecule has 0 spiro atoms. The van der Waals surface area contributed by atoms with Gasteiger partial charge in [-0.1, -0.05) is 24.1 Å². The highest BCUT2D eigenvalue weighted by Gasteiger charge is 2.26. The van der Waals surface area contributed by atoms with Gasteiger partial charge >= 0.3 is 5.63 Å². The van der Waals surface area contributed by atoms with Crippen molar-refractivity contribution in [2.75, 3.05) is 26.2 Å². The van der Waals surface area contributed by atoms with Crippen molar-refractivity contribution in [1.82, 2.24) is 9.80 Å². The molecule has 0 N–H and O–H groups in total. The van der Waals surface area contributed by atoms with Gasteiger partial charge < -0.3 is 14.2 Å². The van der Waals surface area contributed by atoms with Gasteiger partial charge in [-0.15, -0.1) is 0 Å². The molecule has 0 saturated carbocycles. The summed E-state index contributed by atoms with van der Waals surface area (Å²) in [6.45, 7) is 3.14. The van der Waals surface area contributed by atoms with Crippen LogP contribution in [0.4, 0.5) is 0 Å². The zero-order valence-corrected chi connectivity index (χ0v) is 13.2. The number of hydrogen-bond donors (Lipinski definition) is 0. The molecular formula is C18H16N2O4. The third-order valence-corrected chi connectivity index (χ3v) is 3.96. The number of para-hydroxylation sites is 1. The van der Waals surface area contributed by atoms with E-state index in [-0.39, 0.29) is 17.4 Å². The number of benzene rings is 1. The van der Waals surface area contributed by atoms with Gasteiger partial charge in [0, 0.05) is 31.6 Å². The summed E-state index contributed by atoms with van der Waals surface area (Å²) < 4.78 is 5.21. The topological polar surface area (TPSA) is 70.8 Å². The monoisotopic (exact) mass is 324 g/mol. The highest BCUT2D eigenvalue weighted by atomic mass is 16.4. The first kappa shape index (κ1) is 15.8. The molecule has 0 aliphatic carbocycles. The van der Waals surface area contributed by atoms with Crippen LogP contribution in [0.5, 0.6) is 0 Å². The molecule has 1 aromatic heterocycles. The van der Waals surface area contributed by atoms with Crippen LogP contribution >= 0.6 is 0 Å². The van der Waals surface area contributed by atoms with Crippen molar-refractivity contribution in [3.63, 3.8) is 0 Å². The van der Waals surface area contributed by atoms with E-state index in [2.05, 4.69) is 11.8 Å². The Kier molecular flexibility index (Phi) is 4.34. The minimum atomic E-state index is -0.644. The van der Waals surface area contributed by atoms with Crippen molar-refractivity contribution < 1.29 is 14.0 Å². The van der Waals surface area contributed by atoms with Crippen LogP contribution in [-0.4, -0.2) is 47.8 Å². The molecule has 0 bridgehead atoms. The van der Waals surface area contributed by atoms with Crippen molar-refractivity contribution >= 4 is 22.8 Å². The maximum atomic E-state index is 12.6. The van der Waals surface area contributed by atoms with E-state index in [1.807, 2.05) is 6.07 Å². The van der Waals surface area contributed by atoms with Crippen molar-refractivity contribution in [1.29, 1.82) is 0 Å². The van der Waals surface area contributed by atoms with Gasteiger partial charge in [0.25, 0.3) is 11.8 Å². The lowest BCUT2D eigenvalue weighted by atomic mass is 10.1. The number of carbonyl (C=O) groups is 2. The summed E-state index contributed by atoms with van der Waals surface area (Å²) in [4.78, 5) is 39.6. The lowest BCUT2D eigenvalue weighted by Gasteiger charge is -2.33. The molecule has 122 valence electrons. The van der Waals surface area contributed by atoms with E-state index < -0.39 is 5.63 Å². The maximum absolute atomic E-state index is 12.6. The van der Waals surface area contributed by atoms with Crippen LogP contribution in [0.25, 0.3) is 11.0 Å². The van der Waals surface area contributed by atoms with Crippen molar-refractivity contribution in [3.05, 3.63) is 46.3 Å². The van der Waals surface area contributed by atoms with Gasteiger partial charge in [-0.05, 0) is 25.0 Å². The Morgan fingerprint density at radius 2 is 1.75 bits per heavy atom. The Labute approximate surface area is 138 Å². The number of nitrogens with zero attached hydrogens (tertiary/aromatic N) is 2. The second kappa shape index (κ2) is 6.59. The number of hydrogen-bond acceptors (Lipinski definition) is 4. The van der Waals surface area contributed by atoms with Crippen molar-refractivity contribution in [2.24, 2.45) is 0 Å². The normalized spacial score (nSPS) is 14.2. The fraction of sp³-hybridized carbons (Fsp3) is 0.278. The lowest BCUT2D eigenvalue weighted by Crippen LogP contribution is -2.51. The molecule has 0 atom stereocenters. The quantitative estimate of drug-likeness (QED) is 0.582. The largest absolute Gasteiger partial charge is 0.422 e. The van der Waals surface area contributed by atoms with E-state index in [1.54, 1.807) is 41.0 Å². The van der Waals surface area contributed by atoms with Crippen molar-refractivity contribution in [2.45, 2.75) is 6.92 Å². The third kappa shape index (κ3) is 3.01. The molecule has 1 saturated heterocycles. The molecule has 0 unspecified atom stereocenters. The van der Waals surface area contributed by atoms with Gasteiger partial charge in [-0.3, -0.25) is 9.59 Å². The number of amides is 2. The van der Waals surface area contributed by atoms with Gasteiger partial charge in [-0.2, -0.15) is 0 Å². The fourth-order valence-electron chi connectivity index (χ4n) is 2.68. The SMILES string of the molecule is CC#CC(=O)N1CCN(C(=O)c2cc3ccccc3oc2=O)CC1. The first-order valence-corrected chi connectivity index (χ1v) is 7.64. The Morgan fingerprint density at radius 3 is 2.46 bits per heavy atom. The Bertz CT molecular complexity index is 912. The number of piperazine rings is 1. The molecule has 6 nitrogen and oxygen atoms in total. The molecule has 1 aliphatic rings. The Balaban J connectivity index is 1.78. The van der Waals surface area contributed by atoms with E-state index in [0.29, 0.717) is 37.1 Å². The average Bonchev–Trinajstić information content (AvgIpc) is 2.61. The van der Waals surface area contributed by atoms with E-state index in [0.717, 1.165) is 0 Å². The summed E-state index contributed by atoms with van der Waals surface area (Å²) in [6.07, 6.45) is 0. The van der Waals surface area contributed by atoms with E-state index in [9.17, 15) is 14.4 Å². The van der Waals surface area contributed by atoms with Gasteiger partial charge in [0.15, 0.2) is 0 Å². The smallest absolute Gasteiger partial charge is 0.349 e. The number of rotatable bonds is 1. The molecule has 1 aliphatic heterocycles. The zero-order chi connectivity index (χ0) is 17.1. The second-order valence-corrected chi connectivity index (χ2v) is 5.44. The number of carbonyl (C=O) groups excluding carboxylic acids is 2. The van der Waals surface area contributed by atoms with E-state index in [1.165, 1.54) is 0 Å². The van der Waals surface area contributed by atoms with Gasteiger partial charge in [-0.25, -0.2) is 4.79 Å². The first-order valence-electron chi connectivity index (χ1n) is 7.64.